The van der Waals surface area contributed by atoms with Gasteiger partial charge in [0.05, 0.1) is 0 Å². The number of allylic oxidation sites excluding steroid dienone is 1. The van der Waals surface area contributed by atoms with Gasteiger partial charge in [-0.15, -0.1) is 0 Å². The molecule has 0 N–H and O–H groups in total. The van der Waals surface area contributed by atoms with Crippen LogP contribution in [0.3, 0.4) is 0 Å². The molecule has 2 aromatic carbocycles. The maximum absolute atomic E-state index is 13.0. The zero-order chi connectivity index (χ0) is 17.4. The molecule has 0 aliphatic carbocycles. The summed E-state index contributed by atoms with van der Waals surface area (Å²) in [6.45, 7) is 2.83. The van der Waals surface area contributed by atoms with Crippen LogP contribution in [0.2, 0.25) is 5.02 Å². The fourth-order valence-corrected chi connectivity index (χ4v) is 3.81. The molecule has 0 fully saturated rings. The standard InChI is InChI=1S/C21H20ClFN2/c1-24-12-10-21-19(14-24)18-13-16(22)6-9-20(18)25(21)11-2-3-15-4-7-17(23)8-5-15/h2-9,13H,10-12,14H2,1H3/b3-2+. The van der Waals surface area contributed by atoms with Crippen molar-refractivity contribution in [1.29, 1.82) is 0 Å². The van der Waals surface area contributed by atoms with E-state index >= 15 is 0 Å². The molecule has 0 amide bonds. The van der Waals surface area contributed by atoms with Gasteiger partial charge in [0.2, 0.25) is 0 Å². The van der Waals surface area contributed by atoms with Crippen LogP contribution in [0.15, 0.2) is 48.5 Å². The first-order valence-corrected chi connectivity index (χ1v) is 8.90. The van der Waals surface area contributed by atoms with Crippen LogP contribution in [0, 0.1) is 5.82 Å². The first-order valence-electron chi connectivity index (χ1n) is 8.52. The van der Waals surface area contributed by atoms with Crippen molar-refractivity contribution < 1.29 is 4.39 Å². The lowest BCUT2D eigenvalue weighted by Gasteiger charge is -2.24. The topological polar surface area (TPSA) is 8.17 Å². The molecule has 0 saturated carbocycles. The molecular weight excluding hydrogens is 335 g/mol. The van der Waals surface area contributed by atoms with Crippen LogP contribution in [0.1, 0.15) is 16.8 Å². The van der Waals surface area contributed by atoms with E-state index in [0.29, 0.717) is 0 Å². The van der Waals surface area contributed by atoms with Gasteiger partial charge in [-0.3, -0.25) is 0 Å². The summed E-state index contributed by atoms with van der Waals surface area (Å²) in [5, 5.41) is 2.03. The van der Waals surface area contributed by atoms with Gasteiger partial charge in [0, 0.05) is 47.7 Å². The normalized spacial score (nSPS) is 15.2. The number of aromatic nitrogens is 1. The Balaban J connectivity index is 1.70. The molecule has 4 rings (SSSR count). The third-order valence-electron chi connectivity index (χ3n) is 4.88. The smallest absolute Gasteiger partial charge is 0.123 e. The van der Waals surface area contributed by atoms with Crippen molar-refractivity contribution in [2.75, 3.05) is 13.6 Å². The van der Waals surface area contributed by atoms with Gasteiger partial charge >= 0.3 is 0 Å². The van der Waals surface area contributed by atoms with Gasteiger partial charge in [-0.05, 0) is 48.5 Å². The largest absolute Gasteiger partial charge is 0.340 e. The van der Waals surface area contributed by atoms with E-state index < -0.39 is 0 Å². The molecule has 4 heteroatoms. The number of nitrogens with zero attached hydrogens (tertiary/aromatic N) is 2. The minimum Gasteiger partial charge on any atom is -0.340 e. The number of fused-ring (bicyclic) bond motifs is 3. The van der Waals surface area contributed by atoms with Gasteiger partial charge in [0.15, 0.2) is 0 Å². The third kappa shape index (κ3) is 3.22. The highest BCUT2D eigenvalue weighted by atomic mass is 35.5. The highest BCUT2D eigenvalue weighted by Gasteiger charge is 2.21. The first kappa shape index (κ1) is 16.4. The lowest BCUT2D eigenvalue weighted by molar-refractivity contribution is 0.310. The lowest BCUT2D eigenvalue weighted by Crippen LogP contribution is -2.27. The maximum Gasteiger partial charge on any atom is 0.123 e. The summed E-state index contributed by atoms with van der Waals surface area (Å²) in [5.74, 6) is -0.205. The summed E-state index contributed by atoms with van der Waals surface area (Å²) >= 11 is 6.24. The van der Waals surface area contributed by atoms with Crippen molar-refractivity contribution >= 4 is 28.6 Å². The van der Waals surface area contributed by atoms with Crippen molar-refractivity contribution in [3.63, 3.8) is 0 Å². The second kappa shape index (κ2) is 6.66. The summed E-state index contributed by atoms with van der Waals surface area (Å²) < 4.78 is 15.4. The molecular formula is C21H20ClFN2. The molecule has 0 spiro atoms. The maximum atomic E-state index is 13.0. The molecule has 2 heterocycles. The van der Waals surface area contributed by atoms with Crippen LogP contribution in [-0.4, -0.2) is 23.1 Å². The molecule has 1 aliphatic heterocycles. The third-order valence-corrected chi connectivity index (χ3v) is 5.11. The Bertz CT molecular complexity index is 941. The quantitative estimate of drug-likeness (QED) is 0.632. The number of hydrogen-bond acceptors (Lipinski definition) is 1. The summed E-state index contributed by atoms with van der Waals surface area (Å²) in [5.41, 5.74) is 5.03. The Morgan fingerprint density at radius 3 is 2.76 bits per heavy atom. The predicted molar refractivity (Wildman–Crippen MR) is 102 cm³/mol. The Morgan fingerprint density at radius 1 is 1.16 bits per heavy atom. The van der Waals surface area contributed by atoms with E-state index in [9.17, 15) is 4.39 Å². The molecule has 128 valence electrons. The van der Waals surface area contributed by atoms with E-state index in [1.54, 1.807) is 12.1 Å². The van der Waals surface area contributed by atoms with Crippen LogP contribution in [-0.2, 0) is 19.5 Å². The fourth-order valence-electron chi connectivity index (χ4n) is 3.63. The molecule has 2 nitrogen and oxygen atoms in total. The molecule has 1 aliphatic rings. The Morgan fingerprint density at radius 2 is 1.96 bits per heavy atom. The fraction of sp³-hybridized carbons (Fsp3) is 0.238. The van der Waals surface area contributed by atoms with Gasteiger partial charge in [-0.1, -0.05) is 35.9 Å². The van der Waals surface area contributed by atoms with Crippen molar-refractivity contribution in [3.05, 3.63) is 76.2 Å². The molecule has 0 saturated heterocycles. The number of halogens is 2. The van der Waals surface area contributed by atoms with E-state index in [-0.39, 0.29) is 5.82 Å². The zero-order valence-electron chi connectivity index (χ0n) is 14.2. The molecule has 0 radical (unpaired) electrons. The van der Waals surface area contributed by atoms with Gasteiger partial charge in [-0.25, -0.2) is 4.39 Å². The van der Waals surface area contributed by atoms with E-state index in [1.165, 1.54) is 34.3 Å². The molecule has 0 atom stereocenters. The summed E-state index contributed by atoms with van der Waals surface area (Å²) in [6.07, 6.45) is 5.23. The van der Waals surface area contributed by atoms with Gasteiger partial charge < -0.3 is 9.47 Å². The van der Waals surface area contributed by atoms with Gasteiger partial charge in [0.25, 0.3) is 0 Å². The minimum absolute atomic E-state index is 0.205. The monoisotopic (exact) mass is 354 g/mol. The van der Waals surface area contributed by atoms with E-state index in [0.717, 1.165) is 36.6 Å². The van der Waals surface area contributed by atoms with Crippen LogP contribution >= 0.6 is 11.6 Å². The second-order valence-corrected chi connectivity index (χ2v) is 7.08. The molecule has 0 unspecified atom stereocenters. The average molecular weight is 355 g/mol. The highest BCUT2D eigenvalue weighted by molar-refractivity contribution is 6.31. The Hall–Kier alpha value is -2.10. The van der Waals surface area contributed by atoms with Crippen molar-refractivity contribution in [2.24, 2.45) is 0 Å². The van der Waals surface area contributed by atoms with Crippen molar-refractivity contribution in [2.45, 2.75) is 19.5 Å². The van der Waals surface area contributed by atoms with E-state index in [1.807, 2.05) is 12.1 Å². The van der Waals surface area contributed by atoms with Crippen LogP contribution < -0.4 is 0 Å². The molecule has 25 heavy (non-hydrogen) atoms. The second-order valence-electron chi connectivity index (χ2n) is 6.64. The molecule has 1 aromatic heterocycles. The number of hydrogen-bond donors (Lipinski definition) is 0. The minimum atomic E-state index is -0.205. The SMILES string of the molecule is CN1CCc2c(c3cc(Cl)ccc3n2C/C=C/c2ccc(F)cc2)C1. The molecule has 3 aromatic rings. The van der Waals surface area contributed by atoms with Gasteiger partial charge in [0.1, 0.15) is 5.82 Å². The highest BCUT2D eigenvalue weighted by Crippen LogP contribution is 2.32. The van der Waals surface area contributed by atoms with Crippen LogP contribution in [0.4, 0.5) is 4.39 Å². The van der Waals surface area contributed by atoms with E-state index in [2.05, 4.69) is 34.7 Å². The average Bonchev–Trinajstić information content (AvgIpc) is 2.89. The summed E-state index contributed by atoms with van der Waals surface area (Å²) in [7, 11) is 2.16. The number of likely N-dealkylation sites (N-methyl/N-ethyl adjacent to an activating group) is 1. The van der Waals surface area contributed by atoms with E-state index in [4.69, 9.17) is 11.6 Å². The Kier molecular flexibility index (Phi) is 4.36. The van der Waals surface area contributed by atoms with Gasteiger partial charge in [-0.2, -0.15) is 0 Å². The van der Waals surface area contributed by atoms with Crippen LogP contribution in [0.25, 0.3) is 17.0 Å². The van der Waals surface area contributed by atoms with Crippen molar-refractivity contribution in [3.8, 4) is 0 Å². The predicted octanol–water partition coefficient (Wildman–Crippen LogP) is 5.14. The molecule has 0 bridgehead atoms. The Labute approximate surface area is 152 Å². The van der Waals surface area contributed by atoms with Crippen molar-refractivity contribution in [1.82, 2.24) is 9.47 Å². The van der Waals surface area contributed by atoms with Crippen LogP contribution in [0.5, 0.6) is 0 Å². The summed E-state index contributed by atoms with van der Waals surface area (Å²) in [4.78, 5) is 2.35. The lowest BCUT2D eigenvalue weighted by atomic mass is 10.1. The number of rotatable bonds is 3. The zero-order valence-corrected chi connectivity index (χ0v) is 14.9. The first-order chi connectivity index (χ1) is 12.1. The number of benzene rings is 2. The summed E-state index contributed by atoms with van der Waals surface area (Å²) in [6, 6.07) is 12.7.